The molecule has 0 aliphatic heterocycles. The molecule has 7 heteroatoms. The van der Waals surface area contributed by atoms with Crippen LogP contribution in [0.2, 0.25) is 5.02 Å². The number of hydrogen-bond donors (Lipinski definition) is 2. The Kier molecular flexibility index (Phi) is 5.35. The summed E-state index contributed by atoms with van der Waals surface area (Å²) in [6, 6.07) is 15.3. The molecule has 132 valence electrons. The van der Waals surface area contributed by atoms with Gasteiger partial charge in [-0.25, -0.2) is 4.39 Å². The van der Waals surface area contributed by atoms with Gasteiger partial charge in [0.1, 0.15) is 10.8 Å². The van der Waals surface area contributed by atoms with Gasteiger partial charge in [0, 0.05) is 15.5 Å². The SMILES string of the molecule is NC(=O)c1cc(-c2ccccc2)sc1NC(=O)Cc1c(F)cccc1Cl. The molecule has 0 aliphatic rings. The number of nitrogens with one attached hydrogen (secondary N) is 1. The van der Waals surface area contributed by atoms with Gasteiger partial charge in [0.25, 0.3) is 5.91 Å². The van der Waals surface area contributed by atoms with Gasteiger partial charge in [-0.15, -0.1) is 11.3 Å². The molecule has 2 amide bonds. The average molecular weight is 389 g/mol. The summed E-state index contributed by atoms with van der Waals surface area (Å²) in [5.74, 6) is -1.69. The lowest BCUT2D eigenvalue weighted by molar-refractivity contribution is -0.115. The van der Waals surface area contributed by atoms with Crippen LogP contribution < -0.4 is 11.1 Å². The molecule has 0 atom stereocenters. The standard InChI is InChI=1S/C19H14ClFN2O2S/c20-14-7-4-8-15(21)12(14)10-17(24)23-19-13(18(22)25)9-16(26-19)11-5-2-1-3-6-11/h1-9H,10H2,(H2,22,25)(H,23,24). The smallest absolute Gasteiger partial charge is 0.251 e. The number of anilines is 1. The van der Waals surface area contributed by atoms with E-state index in [2.05, 4.69) is 5.32 Å². The van der Waals surface area contributed by atoms with Gasteiger partial charge in [0.15, 0.2) is 0 Å². The summed E-state index contributed by atoms with van der Waals surface area (Å²) in [6.45, 7) is 0. The largest absolute Gasteiger partial charge is 0.366 e. The van der Waals surface area contributed by atoms with Crippen molar-refractivity contribution in [3.8, 4) is 10.4 Å². The highest BCUT2D eigenvalue weighted by Gasteiger charge is 2.18. The van der Waals surface area contributed by atoms with Crippen LogP contribution in [0.1, 0.15) is 15.9 Å². The summed E-state index contributed by atoms with van der Waals surface area (Å²) in [4.78, 5) is 24.8. The zero-order valence-corrected chi connectivity index (χ0v) is 15.0. The van der Waals surface area contributed by atoms with E-state index in [1.54, 1.807) is 6.07 Å². The van der Waals surface area contributed by atoms with E-state index >= 15 is 0 Å². The monoisotopic (exact) mass is 388 g/mol. The Morgan fingerprint density at radius 1 is 1.12 bits per heavy atom. The van der Waals surface area contributed by atoms with Gasteiger partial charge in [-0.1, -0.05) is 48.0 Å². The Labute approximate surface area is 158 Å². The van der Waals surface area contributed by atoms with Crippen LogP contribution in [0.15, 0.2) is 54.6 Å². The van der Waals surface area contributed by atoms with Crippen LogP contribution in [0.3, 0.4) is 0 Å². The quantitative estimate of drug-likeness (QED) is 0.676. The maximum Gasteiger partial charge on any atom is 0.251 e. The van der Waals surface area contributed by atoms with Crippen LogP contribution in [0.25, 0.3) is 10.4 Å². The van der Waals surface area contributed by atoms with Gasteiger partial charge >= 0.3 is 0 Å². The van der Waals surface area contributed by atoms with E-state index in [0.717, 1.165) is 10.4 Å². The third-order valence-electron chi connectivity index (χ3n) is 3.71. The average Bonchev–Trinajstić information content (AvgIpc) is 3.03. The van der Waals surface area contributed by atoms with Crippen molar-refractivity contribution in [1.29, 1.82) is 0 Å². The Bertz CT molecular complexity index is 953. The third-order valence-corrected chi connectivity index (χ3v) is 5.16. The van der Waals surface area contributed by atoms with Crippen LogP contribution in [0.4, 0.5) is 9.39 Å². The van der Waals surface area contributed by atoms with Crippen molar-refractivity contribution >= 4 is 39.8 Å². The van der Waals surface area contributed by atoms with Gasteiger partial charge in [-0.2, -0.15) is 0 Å². The topological polar surface area (TPSA) is 72.2 Å². The van der Waals surface area contributed by atoms with Crippen LogP contribution >= 0.6 is 22.9 Å². The second-order valence-corrected chi connectivity index (χ2v) is 6.97. The van der Waals surface area contributed by atoms with E-state index in [1.165, 1.54) is 29.5 Å². The fraction of sp³-hybridized carbons (Fsp3) is 0.0526. The number of thiophene rings is 1. The number of amides is 2. The number of halogens is 2. The highest BCUT2D eigenvalue weighted by molar-refractivity contribution is 7.20. The van der Waals surface area contributed by atoms with Crippen molar-refractivity contribution in [3.05, 3.63) is 76.6 Å². The second-order valence-electron chi connectivity index (χ2n) is 5.51. The highest BCUT2D eigenvalue weighted by Crippen LogP contribution is 2.35. The Balaban J connectivity index is 1.86. The zero-order chi connectivity index (χ0) is 18.7. The minimum absolute atomic E-state index is 0.104. The Morgan fingerprint density at radius 3 is 2.50 bits per heavy atom. The molecule has 0 aliphatic carbocycles. The molecule has 3 N–H and O–H groups in total. The normalized spacial score (nSPS) is 10.5. The van der Waals surface area contributed by atoms with Gasteiger partial charge < -0.3 is 11.1 Å². The van der Waals surface area contributed by atoms with E-state index in [0.29, 0.717) is 5.00 Å². The molecule has 0 saturated heterocycles. The number of carbonyl (C=O) groups is 2. The van der Waals surface area contributed by atoms with Gasteiger partial charge in [0.05, 0.1) is 12.0 Å². The van der Waals surface area contributed by atoms with Crippen molar-refractivity contribution in [1.82, 2.24) is 0 Å². The number of hydrogen-bond acceptors (Lipinski definition) is 3. The molecule has 3 aromatic rings. The van der Waals surface area contributed by atoms with Crippen LogP contribution in [0, 0.1) is 5.82 Å². The molecule has 0 saturated carbocycles. The summed E-state index contributed by atoms with van der Waals surface area (Å²) in [5.41, 5.74) is 6.63. The minimum atomic E-state index is -0.650. The zero-order valence-electron chi connectivity index (χ0n) is 13.5. The number of carbonyl (C=O) groups excluding carboxylic acids is 2. The first-order valence-corrected chi connectivity index (χ1v) is 8.87. The second kappa shape index (κ2) is 7.68. The molecule has 3 rings (SSSR count). The lowest BCUT2D eigenvalue weighted by Crippen LogP contribution is -2.18. The van der Waals surface area contributed by atoms with Gasteiger partial charge in [0.2, 0.25) is 5.91 Å². The van der Waals surface area contributed by atoms with E-state index in [-0.39, 0.29) is 22.6 Å². The maximum absolute atomic E-state index is 13.8. The molecule has 1 heterocycles. The van der Waals surface area contributed by atoms with Crippen molar-refractivity contribution < 1.29 is 14.0 Å². The van der Waals surface area contributed by atoms with Crippen molar-refractivity contribution in [2.75, 3.05) is 5.32 Å². The van der Waals surface area contributed by atoms with E-state index in [1.807, 2.05) is 30.3 Å². The molecule has 4 nitrogen and oxygen atoms in total. The lowest BCUT2D eigenvalue weighted by atomic mass is 10.1. The predicted octanol–water partition coefficient (Wildman–Crippen LogP) is 4.49. The third kappa shape index (κ3) is 3.92. The fourth-order valence-corrected chi connectivity index (χ4v) is 3.76. The molecule has 0 fully saturated rings. The molecule has 0 spiro atoms. The predicted molar refractivity (Wildman–Crippen MR) is 102 cm³/mol. The first-order chi connectivity index (χ1) is 12.5. The first kappa shape index (κ1) is 18.1. The highest BCUT2D eigenvalue weighted by atomic mass is 35.5. The Morgan fingerprint density at radius 2 is 1.85 bits per heavy atom. The summed E-state index contributed by atoms with van der Waals surface area (Å²) in [5, 5.41) is 3.14. The fourth-order valence-electron chi connectivity index (χ4n) is 2.44. The summed E-state index contributed by atoms with van der Waals surface area (Å²) >= 11 is 7.18. The van der Waals surface area contributed by atoms with Crippen LogP contribution in [0.5, 0.6) is 0 Å². The summed E-state index contributed by atoms with van der Waals surface area (Å²) < 4.78 is 13.8. The molecular weight excluding hydrogens is 375 g/mol. The van der Waals surface area contributed by atoms with Crippen molar-refractivity contribution in [2.24, 2.45) is 5.73 Å². The molecular formula is C19H14ClFN2O2S. The van der Waals surface area contributed by atoms with Crippen LogP contribution in [-0.4, -0.2) is 11.8 Å². The molecule has 1 aromatic heterocycles. The summed E-state index contributed by atoms with van der Waals surface area (Å²) in [7, 11) is 0. The van der Waals surface area contributed by atoms with E-state index in [9.17, 15) is 14.0 Å². The number of nitrogens with two attached hydrogens (primary N) is 1. The van der Waals surface area contributed by atoms with Crippen LogP contribution in [-0.2, 0) is 11.2 Å². The number of rotatable bonds is 5. The van der Waals surface area contributed by atoms with E-state index < -0.39 is 17.6 Å². The molecule has 0 radical (unpaired) electrons. The molecule has 26 heavy (non-hydrogen) atoms. The van der Waals surface area contributed by atoms with Crippen molar-refractivity contribution in [2.45, 2.75) is 6.42 Å². The van der Waals surface area contributed by atoms with E-state index in [4.69, 9.17) is 17.3 Å². The van der Waals surface area contributed by atoms with Gasteiger partial charge in [-0.3, -0.25) is 9.59 Å². The summed E-state index contributed by atoms with van der Waals surface area (Å²) in [6.07, 6.45) is -0.248. The molecule has 2 aromatic carbocycles. The molecule has 0 unspecified atom stereocenters. The maximum atomic E-state index is 13.8. The van der Waals surface area contributed by atoms with Gasteiger partial charge in [-0.05, 0) is 23.8 Å². The lowest BCUT2D eigenvalue weighted by Gasteiger charge is -2.07. The molecule has 0 bridgehead atoms. The first-order valence-electron chi connectivity index (χ1n) is 7.67. The minimum Gasteiger partial charge on any atom is -0.366 e. The Hall–Kier alpha value is -2.70. The number of benzene rings is 2. The number of primary amides is 1. The van der Waals surface area contributed by atoms with Crippen molar-refractivity contribution in [3.63, 3.8) is 0 Å².